The molecule has 1 unspecified atom stereocenters. The van der Waals surface area contributed by atoms with Crippen LogP contribution >= 0.6 is 0 Å². The summed E-state index contributed by atoms with van der Waals surface area (Å²) in [6.45, 7) is 4.71. The predicted octanol–water partition coefficient (Wildman–Crippen LogP) is 3.30. The Labute approximate surface area is 125 Å². The number of aliphatic hydroxyl groups is 1. The smallest absolute Gasteiger partial charge is 0.122 e. The normalized spacial score (nSPS) is 14.6. The molecule has 1 aromatic heterocycles. The second-order valence-electron chi connectivity index (χ2n) is 5.78. The third kappa shape index (κ3) is 3.24. The summed E-state index contributed by atoms with van der Waals surface area (Å²) < 4.78 is 5.52. The molecule has 0 bridgehead atoms. The minimum atomic E-state index is -0.435. The maximum atomic E-state index is 10.4. The molecule has 1 aromatic carbocycles. The molecule has 0 saturated heterocycles. The van der Waals surface area contributed by atoms with Crippen molar-refractivity contribution in [1.82, 2.24) is 4.98 Å². The van der Waals surface area contributed by atoms with E-state index < -0.39 is 6.10 Å². The Bertz CT molecular complexity index is 631. The van der Waals surface area contributed by atoms with Crippen LogP contribution in [0, 0.1) is 13.8 Å². The quantitative estimate of drug-likeness (QED) is 0.936. The zero-order valence-electron chi connectivity index (χ0n) is 12.6. The maximum absolute atomic E-state index is 10.4. The molecule has 0 radical (unpaired) electrons. The molecule has 3 nitrogen and oxygen atoms in total. The molecular formula is C18H21NO2. The molecule has 0 aliphatic carbocycles. The van der Waals surface area contributed by atoms with E-state index in [9.17, 15) is 5.11 Å². The minimum Gasteiger partial charge on any atom is -0.493 e. The van der Waals surface area contributed by atoms with Gasteiger partial charge in [0.25, 0.3) is 0 Å². The van der Waals surface area contributed by atoms with E-state index in [0.717, 1.165) is 48.6 Å². The fourth-order valence-corrected chi connectivity index (χ4v) is 2.92. The summed E-state index contributed by atoms with van der Waals surface area (Å²) in [5, 5.41) is 10.4. The molecule has 1 aliphatic rings. The first kappa shape index (κ1) is 14.1. The van der Waals surface area contributed by atoms with Gasteiger partial charge in [0, 0.05) is 17.8 Å². The molecule has 0 spiro atoms. The van der Waals surface area contributed by atoms with E-state index in [0.29, 0.717) is 0 Å². The number of benzene rings is 1. The first-order chi connectivity index (χ1) is 10.1. The molecule has 2 heterocycles. The van der Waals surface area contributed by atoms with E-state index in [1.807, 2.05) is 32.0 Å². The summed E-state index contributed by atoms with van der Waals surface area (Å²) in [7, 11) is 0. The number of aromatic nitrogens is 1. The molecule has 110 valence electrons. The summed E-state index contributed by atoms with van der Waals surface area (Å²) in [5.41, 5.74) is 5.43. The SMILES string of the molecule is Cc1cc(C(O)CCc2ccc3c(c2)CCO3)cc(C)n1. The lowest BCUT2D eigenvalue weighted by Gasteiger charge is -2.13. The fourth-order valence-electron chi connectivity index (χ4n) is 2.92. The Morgan fingerprint density at radius 2 is 1.95 bits per heavy atom. The summed E-state index contributed by atoms with van der Waals surface area (Å²) in [4.78, 5) is 4.35. The first-order valence-electron chi connectivity index (χ1n) is 7.49. The average molecular weight is 283 g/mol. The van der Waals surface area contributed by atoms with Crippen molar-refractivity contribution < 1.29 is 9.84 Å². The van der Waals surface area contributed by atoms with Crippen LogP contribution in [-0.2, 0) is 12.8 Å². The average Bonchev–Trinajstić information content (AvgIpc) is 2.91. The zero-order valence-corrected chi connectivity index (χ0v) is 12.6. The van der Waals surface area contributed by atoms with Crippen molar-refractivity contribution in [3.8, 4) is 5.75 Å². The largest absolute Gasteiger partial charge is 0.493 e. The molecule has 0 amide bonds. The van der Waals surface area contributed by atoms with Crippen molar-refractivity contribution in [2.24, 2.45) is 0 Å². The van der Waals surface area contributed by atoms with Gasteiger partial charge in [-0.25, -0.2) is 0 Å². The zero-order chi connectivity index (χ0) is 14.8. The van der Waals surface area contributed by atoms with Crippen molar-refractivity contribution in [2.75, 3.05) is 6.61 Å². The van der Waals surface area contributed by atoms with Crippen molar-refractivity contribution in [2.45, 2.75) is 39.2 Å². The molecule has 1 atom stereocenters. The lowest BCUT2D eigenvalue weighted by atomic mass is 9.99. The van der Waals surface area contributed by atoms with E-state index in [-0.39, 0.29) is 0 Å². The second-order valence-corrected chi connectivity index (χ2v) is 5.78. The fraction of sp³-hybridized carbons (Fsp3) is 0.389. The number of nitrogens with zero attached hydrogens (tertiary/aromatic N) is 1. The Morgan fingerprint density at radius 1 is 1.19 bits per heavy atom. The van der Waals surface area contributed by atoms with Crippen molar-refractivity contribution in [3.63, 3.8) is 0 Å². The van der Waals surface area contributed by atoms with Gasteiger partial charge in [-0.2, -0.15) is 0 Å². The number of aliphatic hydroxyl groups excluding tert-OH is 1. The van der Waals surface area contributed by atoms with Crippen LogP contribution in [0.25, 0.3) is 0 Å². The minimum absolute atomic E-state index is 0.435. The molecule has 1 aliphatic heterocycles. The van der Waals surface area contributed by atoms with Crippen LogP contribution < -0.4 is 4.74 Å². The molecule has 2 aromatic rings. The van der Waals surface area contributed by atoms with Gasteiger partial charge in [0.2, 0.25) is 0 Å². The monoisotopic (exact) mass is 283 g/mol. The number of hydrogen-bond donors (Lipinski definition) is 1. The second kappa shape index (κ2) is 5.86. The van der Waals surface area contributed by atoms with Crippen molar-refractivity contribution >= 4 is 0 Å². The van der Waals surface area contributed by atoms with Crippen LogP contribution in [0.1, 0.15) is 40.6 Å². The molecule has 3 rings (SSSR count). The van der Waals surface area contributed by atoms with Gasteiger partial charge in [0.1, 0.15) is 5.75 Å². The van der Waals surface area contributed by atoms with Crippen LogP contribution in [0.15, 0.2) is 30.3 Å². The molecule has 21 heavy (non-hydrogen) atoms. The van der Waals surface area contributed by atoms with Crippen LogP contribution in [-0.4, -0.2) is 16.7 Å². The van der Waals surface area contributed by atoms with E-state index >= 15 is 0 Å². The highest BCUT2D eigenvalue weighted by Gasteiger charge is 2.13. The molecule has 0 saturated carbocycles. The Kier molecular flexibility index (Phi) is 3.93. The van der Waals surface area contributed by atoms with E-state index in [1.165, 1.54) is 11.1 Å². The third-order valence-electron chi connectivity index (χ3n) is 3.95. The topological polar surface area (TPSA) is 42.4 Å². The van der Waals surface area contributed by atoms with Crippen molar-refractivity contribution in [3.05, 3.63) is 58.4 Å². The van der Waals surface area contributed by atoms with Crippen LogP contribution in [0.2, 0.25) is 0 Å². The summed E-state index contributed by atoms with van der Waals surface area (Å²) in [5.74, 6) is 1.01. The van der Waals surface area contributed by atoms with E-state index in [2.05, 4.69) is 17.1 Å². The summed E-state index contributed by atoms with van der Waals surface area (Å²) >= 11 is 0. The predicted molar refractivity (Wildman–Crippen MR) is 82.6 cm³/mol. The highest BCUT2D eigenvalue weighted by atomic mass is 16.5. The molecule has 3 heteroatoms. The highest BCUT2D eigenvalue weighted by molar-refractivity contribution is 5.39. The standard InChI is InChI=1S/C18H21NO2/c1-12-9-16(10-13(2)19-12)17(20)5-3-14-4-6-18-15(11-14)7-8-21-18/h4,6,9-11,17,20H,3,5,7-8H2,1-2H3. The van der Waals surface area contributed by atoms with Crippen LogP contribution in [0.5, 0.6) is 5.75 Å². The van der Waals surface area contributed by atoms with Gasteiger partial charge in [-0.05, 0) is 61.6 Å². The van der Waals surface area contributed by atoms with Gasteiger partial charge < -0.3 is 9.84 Å². The third-order valence-corrected chi connectivity index (χ3v) is 3.95. The number of rotatable bonds is 4. The van der Waals surface area contributed by atoms with Gasteiger partial charge >= 0.3 is 0 Å². The first-order valence-corrected chi connectivity index (χ1v) is 7.49. The summed E-state index contributed by atoms with van der Waals surface area (Å²) in [6.07, 6.45) is 2.15. The molecule has 0 fully saturated rings. The maximum Gasteiger partial charge on any atom is 0.122 e. The highest BCUT2D eigenvalue weighted by Crippen LogP contribution is 2.27. The lowest BCUT2D eigenvalue weighted by Crippen LogP contribution is -2.02. The molecular weight excluding hydrogens is 262 g/mol. The van der Waals surface area contributed by atoms with E-state index in [4.69, 9.17) is 4.74 Å². The number of fused-ring (bicyclic) bond motifs is 1. The van der Waals surface area contributed by atoms with Gasteiger partial charge in [-0.15, -0.1) is 0 Å². The lowest BCUT2D eigenvalue weighted by molar-refractivity contribution is 0.167. The molecule has 1 N–H and O–H groups in total. The summed E-state index contributed by atoms with van der Waals surface area (Å²) in [6, 6.07) is 10.3. The number of hydrogen-bond acceptors (Lipinski definition) is 3. The van der Waals surface area contributed by atoms with Gasteiger partial charge in [0.05, 0.1) is 12.7 Å². The van der Waals surface area contributed by atoms with Crippen LogP contribution in [0.3, 0.4) is 0 Å². The number of aryl methyl sites for hydroxylation is 3. The Morgan fingerprint density at radius 3 is 2.71 bits per heavy atom. The van der Waals surface area contributed by atoms with Crippen molar-refractivity contribution in [1.29, 1.82) is 0 Å². The van der Waals surface area contributed by atoms with Crippen LogP contribution in [0.4, 0.5) is 0 Å². The van der Waals surface area contributed by atoms with E-state index in [1.54, 1.807) is 0 Å². The van der Waals surface area contributed by atoms with Gasteiger partial charge in [-0.1, -0.05) is 12.1 Å². The van der Waals surface area contributed by atoms with Gasteiger partial charge in [0.15, 0.2) is 0 Å². The van der Waals surface area contributed by atoms with Gasteiger partial charge in [-0.3, -0.25) is 4.98 Å². The Balaban J connectivity index is 1.66. The Hall–Kier alpha value is -1.87. The number of ether oxygens (including phenoxy) is 1. The number of pyridine rings is 1.